The minimum Gasteiger partial charge on any atom is -0.399 e. The number of anilines is 1. The standard InChI is InChI=1S/C25H20F3N5O/c26-17-5-4-16(21(27)11-17)13-33-23-7-9-32(25(34)19-6-8-30-12-22(19)28)14-20(23)24(31-33)15-2-1-3-18(29)10-15/h1-6,8,10-12H,7,9,13-14,29H2. The molecular formula is C25H20F3N5O. The Bertz CT molecular complexity index is 1400. The van der Waals surface area contributed by atoms with Crippen molar-refractivity contribution in [3.63, 3.8) is 0 Å². The van der Waals surface area contributed by atoms with Gasteiger partial charge in [0, 0.05) is 59.8 Å². The number of nitrogens with zero attached hydrogens (tertiary/aromatic N) is 4. The van der Waals surface area contributed by atoms with Crippen LogP contribution in [0.4, 0.5) is 18.9 Å². The van der Waals surface area contributed by atoms with Crippen LogP contribution in [0.5, 0.6) is 0 Å². The van der Waals surface area contributed by atoms with Crippen molar-refractivity contribution in [1.29, 1.82) is 0 Å². The van der Waals surface area contributed by atoms with E-state index in [4.69, 9.17) is 10.8 Å². The Kier molecular flexibility index (Phi) is 5.53. The number of amides is 1. The molecule has 0 unspecified atom stereocenters. The van der Waals surface area contributed by atoms with Crippen molar-refractivity contribution in [2.75, 3.05) is 12.3 Å². The van der Waals surface area contributed by atoms with E-state index in [1.54, 1.807) is 27.8 Å². The third-order valence-electron chi connectivity index (χ3n) is 5.92. The Morgan fingerprint density at radius 2 is 1.91 bits per heavy atom. The fourth-order valence-electron chi connectivity index (χ4n) is 4.24. The molecule has 0 fully saturated rings. The van der Waals surface area contributed by atoms with Gasteiger partial charge in [-0.05, 0) is 24.3 Å². The van der Waals surface area contributed by atoms with Crippen molar-refractivity contribution < 1.29 is 18.0 Å². The van der Waals surface area contributed by atoms with Crippen LogP contribution in [-0.4, -0.2) is 32.1 Å². The zero-order chi connectivity index (χ0) is 23.8. The molecule has 172 valence electrons. The maximum absolute atomic E-state index is 14.4. The number of halogens is 3. The predicted molar refractivity (Wildman–Crippen MR) is 120 cm³/mol. The van der Waals surface area contributed by atoms with Gasteiger partial charge in [0.25, 0.3) is 5.91 Å². The number of hydrogen-bond acceptors (Lipinski definition) is 4. The lowest BCUT2D eigenvalue weighted by atomic mass is 9.99. The van der Waals surface area contributed by atoms with E-state index in [9.17, 15) is 18.0 Å². The van der Waals surface area contributed by atoms with Crippen LogP contribution in [0.25, 0.3) is 11.3 Å². The summed E-state index contributed by atoms with van der Waals surface area (Å²) in [5, 5.41) is 4.72. The summed E-state index contributed by atoms with van der Waals surface area (Å²) < 4.78 is 43.6. The molecule has 0 spiro atoms. The number of aromatic nitrogens is 3. The lowest BCUT2D eigenvalue weighted by Gasteiger charge is -2.28. The van der Waals surface area contributed by atoms with Gasteiger partial charge >= 0.3 is 0 Å². The smallest absolute Gasteiger partial charge is 0.257 e. The van der Waals surface area contributed by atoms with Crippen molar-refractivity contribution in [2.24, 2.45) is 0 Å². The van der Waals surface area contributed by atoms with E-state index in [1.165, 1.54) is 24.4 Å². The van der Waals surface area contributed by atoms with Gasteiger partial charge in [-0.3, -0.25) is 14.5 Å². The zero-order valence-electron chi connectivity index (χ0n) is 18.0. The molecule has 0 atom stereocenters. The number of hydrogen-bond donors (Lipinski definition) is 1. The summed E-state index contributed by atoms with van der Waals surface area (Å²) in [6, 6.07) is 12.0. The third-order valence-corrected chi connectivity index (χ3v) is 5.92. The fraction of sp³-hybridized carbons (Fsp3) is 0.160. The number of carbonyl (C=O) groups is 1. The van der Waals surface area contributed by atoms with Crippen LogP contribution in [0.1, 0.15) is 27.2 Å². The molecule has 34 heavy (non-hydrogen) atoms. The average molecular weight is 463 g/mol. The minimum absolute atomic E-state index is 0.0512. The number of carbonyl (C=O) groups excluding carboxylic acids is 1. The molecule has 0 aliphatic carbocycles. The minimum atomic E-state index is -0.683. The quantitative estimate of drug-likeness (QED) is 0.461. The number of fused-ring (bicyclic) bond motifs is 1. The molecule has 4 aromatic rings. The largest absolute Gasteiger partial charge is 0.399 e. The molecule has 1 amide bonds. The summed E-state index contributed by atoms with van der Waals surface area (Å²) in [4.78, 5) is 18.3. The summed E-state index contributed by atoms with van der Waals surface area (Å²) in [6.45, 7) is 0.636. The predicted octanol–water partition coefficient (Wildman–Crippen LogP) is 4.19. The average Bonchev–Trinajstić information content (AvgIpc) is 3.18. The SMILES string of the molecule is Nc1cccc(-c2nn(Cc3ccc(F)cc3F)c3c2CN(C(=O)c2ccncc2F)CC3)c1. The Labute approximate surface area is 193 Å². The van der Waals surface area contributed by atoms with Gasteiger partial charge in [-0.1, -0.05) is 18.2 Å². The van der Waals surface area contributed by atoms with E-state index in [-0.39, 0.29) is 18.7 Å². The molecule has 5 rings (SSSR count). The first-order valence-corrected chi connectivity index (χ1v) is 10.7. The van der Waals surface area contributed by atoms with Crippen LogP contribution in [0, 0.1) is 17.5 Å². The summed E-state index contributed by atoms with van der Waals surface area (Å²) in [6.07, 6.45) is 2.82. The van der Waals surface area contributed by atoms with Crippen molar-refractivity contribution in [1.82, 2.24) is 19.7 Å². The highest BCUT2D eigenvalue weighted by molar-refractivity contribution is 5.94. The van der Waals surface area contributed by atoms with E-state index in [1.807, 2.05) is 6.07 Å². The maximum atomic E-state index is 14.4. The highest BCUT2D eigenvalue weighted by Gasteiger charge is 2.30. The van der Waals surface area contributed by atoms with Crippen molar-refractivity contribution in [3.05, 3.63) is 101 Å². The molecule has 3 heterocycles. The van der Waals surface area contributed by atoms with E-state index in [0.29, 0.717) is 29.9 Å². The number of nitrogens with two attached hydrogens (primary N) is 1. The van der Waals surface area contributed by atoms with Gasteiger partial charge < -0.3 is 10.6 Å². The van der Waals surface area contributed by atoms with Gasteiger partial charge in [-0.2, -0.15) is 5.10 Å². The van der Waals surface area contributed by atoms with Crippen LogP contribution in [0.2, 0.25) is 0 Å². The third kappa shape index (κ3) is 4.00. The first-order chi connectivity index (χ1) is 16.4. The van der Waals surface area contributed by atoms with E-state index >= 15 is 0 Å². The second kappa shape index (κ2) is 8.66. The van der Waals surface area contributed by atoms with Crippen molar-refractivity contribution in [3.8, 4) is 11.3 Å². The normalized spacial score (nSPS) is 13.1. The van der Waals surface area contributed by atoms with Gasteiger partial charge in [-0.15, -0.1) is 0 Å². The molecule has 2 aromatic heterocycles. The van der Waals surface area contributed by atoms with Crippen LogP contribution in [0.3, 0.4) is 0 Å². The molecule has 9 heteroatoms. The molecule has 6 nitrogen and oxygen atoms in total. The fourth-order valence-corrected chi connectivity index (χ4v) is 4.24. The molecule has 2 aromatic carbocycles. The van der Waals surface area contributed by atoms with E-state index in [2.05, 4.69) is 4.98 Å². The monoisotopic (exact) mass is 463 g/mol. The molecule has 0 saturated carbocycles. The van der Waals surface area contributed by atoms with Gasteiger partial charge in [0.1, 0.15) is 11.6 Å². The maximum Gasteiger partial charge on any atom is 0.257 e. The highest BCUT2D eigenvalue weighted by atomic mass is 19.1. The molecule has 2 N–H and O–H groups in total. The Morgan fingerprint density at radius 3 is 2.68 bits per heavy atom. The molecule has 1 aliphatic rings. The lowest BCUT2D eigenvalue weighted by Crippen LogP contribution is -2.37. The molecule has 1 aliphatic heterocycles. The summed E-state index contributed by atoms with van der Waals surface area (Å²) in [7, 11) is 0. The first-order valence-electron chi connectivity index (χ1n) is 10.7. The Hall–Kier alpha value is -4.14. The number of benzene rings is 2. The topological polar surface area (TPSA) is 77.0 Å². The van der Waals surface area contributed by atoms with Gasteiger partial charge in [0.15, 0.2) is 5.82 Å². The molecular weight excluding hydrogens is 443 g/mol. The van der Waals surface area contributed by atoms with E-state index in [0.717, 1.165) is 29.1 Å². The zero-order valence-corrected chi connectivity index (χ0v) is 18.0. The Balaban J connectivity index is 1.55. The number of nitrogen functional groups attached to an aromatic ring is 1. The lowest BCUT2D eigenvalue weighted by molar-refractivity contribution is 0.0728. The van der Waals surface area contributed by atoms with Gasteiger partial charge in [0.05, 0.1) is 24.0 Å². The number of pyridine rings is 1. The van der Waals surface area contributed by atoms with Crippen LogP contribution in [0.15, 0.2) is 60.9 Å². The van der Waals surface area contributed by atoms with Gasteiger partial charge in [-0.25, -0.2) is 13.2 Å². The first kappa shape index (κ1) is 21.7. The second-order valence-electron chi connectivity index (χ2n) is 8.12. The van der Waals surface area contributed by atoms with Gasteiger partial charge in [0.2, 0.25) is 0 Å². The summed E-state index contributed by atoms with van der Waals surface area (Å²) in [5.41, 5.74) is 9.74. The molecule has 0 radical (unpaired) electrons. The number of rotatable bonds is 4. The van der Waals surface area contributed by atoms with Crippen molar-refractivity contribution >= 4 is 11.6 Å². The van der Waals surface area contributed by atoms with Crippen LogP contribution in [-0.2, 0) is 19.5 Å². The molecule has 0 bridgehead atoms. The summed E-state index contributed by atoms with van der Waals surface area (Å²) in [5.74, 6) is -2.43. The van der Waals surface area contributed by atoms with E-state index < -0.39 is 23.4 Å². The van der Waals surface area contributed by atoms with Crippen LogP contribution >= 0.6 is 0 Å². The second-order valence-corrected chi connectivity index (χ2v) is 8.12. The van der Waals surface area contributed by atoms with Crippen molar-refractivity contribution in [2.45, 2.75) is 19.5 Å². The molecule has 0 saturated heterocycles. The highest BCUT2D eigenvalue weighted by Crippen LogP contribution is 2.32. The Morgan fingerprint density at radius 1 is 1.06 bits per heavy atom. The summed E-state index contributed by atoms with van der Waals surface area (Å²) >= 11 is 0. The van der Waals surface area contributed by atoms with Crippen LogP contribution < -0.4 is 5.73 Å².